The normalized spacial score (nSPS) is 34.1. The Morgan fingerprint density at radius 2 is 2.25 bits per heavy atom. The second kappa shape index (κ2) is 3.09. The molecule has 1 saturated carbocycles. The van der Waals surface area contributed by atoms with Crippen molar-refractivity contribution in [2.24, 2.45) is 11.3 Å². The summed E-state index contributed by atoms with van der Waals surface area (Å²) < 4.78 is 5.23. The van der Waals surface area contributed by atoms with Crippen LogP contribution in [0.1, 0.15) is 30.9 Å². The van der Waals surface area contributed by atoms with Crippen LogP contribution in [0.2, 0.25) is 0 Å². The van der Waals surface area contributed by atoms with Gasteiger partial charge in [-0.15, -0.1) is 0 Å². The average molecular weight is 216 g/mol. The molecule has 1 fully saturated rings. The third kappa shape index (κ3) is 0.998. The zero-order valence-electron chi connectivity index (χ0n) is 9.69. The van der Waals surface area contributed by atoms with Gasteiger partial charge in [0, 0.05) is 5.92 Å². The van der Waals surface area contributed by atoms with Crippen molar-refractivity contribution < 1.29 is 9.53 Å². The molecule has 1 aromatic rings. The second-order valence-electron chi connectivity index (χ2n) is 4.90. The molecule has 0 N–H and O–H groups in total. The minimum atomic E-state index is -0.223. The Morgan fingerprint density at radius 3 is 3.00 bits per heavy atom. The van der Waals surface area contributed by atoms with Crippen molar-refractivity contribution >= 4 is 5.97 Å². The van der Waals surface area contributed by atoms with Gasteiger partial charge in [-0.1, -0.05) is 31.2 Å². The predicted octanol–water partition coefficient (Wildman–Crippen LogP) is 2.53. The molecule has 3 atom stereocenters. The molecule has 0 bridgehead atoms. The molecule has 2 aliphatic carbocycles. The van der Waals surface area contributed by atoms with E-state index in [-0.39, 0.29) is 11.4 Å². The third-order valence-electron chi connectivity index (χ3n) is 4.29. The molecule has 2 aliphatic rings. The molecular weight excluding hydrogens is 200 g/mol. The molecule has 0 amide bonds. The van der Waals surface area contributed by atoms with Gasteiger partial charge in [-0.25, -0.2) is 0 Å². The van der Waals surface area contributed by atoms with Crippen molar-refractivity contribution in [1.29, 1.82) is 0 Å². The van der Waals surface area contributed by atoms with Crippen molar-refractivity contribution in [3.8, 4) is 0 Å². The molecule has 0 radical (unpaired) electrons. The van der Waals surface area contributed by atoms with Crippen molar-refractivity contribution in [1.82, 2.24) is 0 Å². The average Bonchev–Trinajstić information content (AvgIpc) is 2.72. The first-order chi connectivity index (χ1) is 7.71. The van der Waals surface area contributed by atoms with Gasteiger partial charge in [0.1, 0.15) is 0 Å². The summed E-state index contributed by atoms with van der Waals surface area (Å²) in [5, 5.41) is 0. The zero-order valence-corrected chi connectivity index (χ0v) is 9.69. The minimum Gasteiger partial charge on any atom is -0.466 e. The molecule has 0 saturated heterocycles. The number of ether oxygens (including phenoxy) is 1. The van der Waals surface area contributed by atoms with Crippen molar-refractivity contribution in [3.63, 3.8) is 0 Å². The number of esters is 1. The van der Waals surface area contributed by atoms with E-state index in [1.165, 1.54) is 11.1 Å². The lowest BCUT2D eigenvalue weighted by atomic mass is 9.97. The van der Waals surface area contributed by atoms with E-state index in [4.69, 9.17) is 4.74 Å². The van der Waals surface area contributed by atoms with Crippen LogP contribution in [0.15, 0.2) is 24.3 Å². The molecule has 0 aliphatic heterocycles. The summed E-state index contributed by atoms with van der Waals surface area (Å²) in [7, 11) is 0. The highest BCUT2D eigenvalue weighted by Gasteiger charge is 2.71. The summed E-state index contributed by atoms with van der Waals surface area (Å²) >= 11 is 0. The summed E-state index contributed by atoms with van der Waals surface area (Å²) in [5.41, 5.74) is 2.47. The molecule has 1 aromatic carbocycles. The quantitative estimate of drug-likeness (QED) is 0.710. The highest BCUT2D eigenvalue weighted by Crippen LogP contribution is 2.71. The van der Waals surface area contributed by atoms with E-state index in [1.807, 2.05) is 13.0 Å². The fourth-order valence-corrected chi connectivity index (χ4v) is 3.41. The maximum atomic E-state index is 12.1. The Kier molecular flexibility index (Phi) is 1.91. The van der Waals surface area contributed by atoms with Crippen LogP contribution >= 0.6 is 0 Å². The van der Waals surface area contributed by atoms with Crippen LogP contribution in [0.4, 0.5) is 0 Å². The summed E-state index contributed by atoms with van der Waals surface area (Å²) in [6.07, 6.45) is 0.869. The lowest BCUT2D eigenvalue weighted by Gasteiger charge is -2.12. The van der Waals surface area contributed by atoms with Gasteiger partial charge in [-0.2, -0.15) is 0 Å². The van der Waals surface area contributed by atoms with Crippen LogP contribution in [0.25, 0.3) is 0 Å². The van der Waals surface area contributed by atoms with Gasteiger partial charge >= 0.3 is 5.97 Å². The van der Waals surface area contributed by atoms with E-state index in [9.17, 15) is 4.79 Å². The summed E-state index contributed by atoms with van der Waals surface area (Å²) in [6.45, 7) is 4.52. The smallest absolute Gasteiger partial charge is 0.313 e. The van der Waals surface area contributed by atoms with E-state index in [1.54, 1.807) is 0 Å². The van der Waals surface area contributed by atoms with Gasteiger partial charge in [0.25, 0.3) is 0 Å². The van der Waals surface area contributed by atoms with Crippen LogP contribution in [0, 0.1) is 11.3 Å². The van der Waals surface area contributed by atoms with Gasteiger partial charge in [0.2, 0.25) is 0 Å². The van der Waals surface area contributed by atoms with Crippen molar-refractivity contribution in [2.45, 2.75) is 26.2 Å². The topological polar surface area (TPSA) is 26.3 Å². The Labute approximate surface area is 95.6 Å². The second-order valence-corrected chi connectivity index (χ2v) is 4.90. The molecule has 0 aromatic heterocycles. The number of benzene rings is 1. The molecule has 2 heteroatoms. The minimum absolute atomic E-state index is 0.00343. The molecular formula is C14H16O2. The first-order valence-corrected chi connectivity index (χ1v) is 5.97. The fourth-order valence-electron chi connectivity index (χ4n) is 3.41. The van der Waals surface area contributed by atoms with Crippen LogP contribution < -0.4 is 0 Å². The Morgan fingerprint density at radius 1 is 1.50 bits per heavy atom. The standard InChI is InChI=1S/C14H16O2/c1-3-16-13(15)14-8-10-6-4-5-7-11(10)12(14)9(14)2/h4-7,9,12H,3,8H2,1-2H3. The van der Waals surface area contributed by atoms with Gasteiger partial charge in [-0.3, -0.25) is 4.79 Å². The fraction of sp³-hybridized carbons (Fsp3) is 0.500. The Bertz CT molecular complexity index is 452. The molecule has 2 nitrogen and oxygen atoms in total. The Balaban J connectivity index is 1.96. The number of fused-ring (bicyclic) bond motifs is 3. The number of carbonyl (C=O) groups is 1. The van der Waals surface area contributed by atoms with E-state index < -0.39 is 0 Å². The summed E-state index contributed by atoms with van der Waals surface area (Å²) in [5.74, 6) is 0.855. The summed E-state index contributed by atoms with van der Waals surface area (Å²) in [4.78, 5) is 12.1. The van der Waals surface area contributed by atoms with E-state index >= 15 is 0 Å². The van der Waals surface area contributed by atoms with E-state index in [2.05, 4.69) is 25.1 Å². The van der Waals surface area contributed by atoms with E-state index in [0.717, 1.165) is 6.42 Å². The van der Waals surface area contributed by atoms with Gasteiger partial charge < -0.3 is 4.74 Å². The number of hydrogen-bond donors (Lipinski definition) is 0. The monoisotopic (exact) mass is 216 g/mol. The molecule has 3 unspecified atom stereocenters. The SMILES string of the molecule is CCOC(=O)C12Cc3ccccc3C1C2C. The maximum absolute atomic E-state index is 12.1. The van der Waals surface area contributed by atoms with Crippen LogP contribution in [-0.2, 0) is 16.0 Å². The number of carbonyl (C=O) groups excluding carboxylic acids is 1. The van der Waals surface area contributed by atoms with Gasteiger partial charge in [0.05, 0.1) is 12.0 Å². The highest BCUT2D eigenvalue weighted by atomic mass is 16.5. The van der Waals surface area contributed by atoms with Crippen LogP contribution in [-0.4, -0.2) is 12.6 Å². The summed E-state index contributed by atoms with van der Waals surface area (Å²) in [6, 6.07) is 8.40. The molecule has 84 valence electrons. The first kappa shape index (κ1) is 9.88. The zero-order chi connectivity index (χ0) is 11.3. The lowest BCUT2D eigenvalue weighted by Crippen LogP contribution is -2.22. The van der Waals surface area contributed by atoms with Crippen LogP contribution in [0.5, 0.6) is 0 Å². The largest absolute Gasteiger partial charge is 0.466 e. The highest BCUT2D eigenvalue weighted by molar-refractivity contribution is 5.85. The first-order valence-electron chi connectivity index (χ1n) is 5.97. The lowest BCUT2D eigenvalue weighted by molar-refractivity contribution is -0.150. The maximum Gasteiger partial charge on any atom is 0.313 e. The van der Waals surface area contributed by atoms with Crippen molar-refractivity contribution in [2.75, 3.05) is 6.61 Å². The predicted molar refractivity (Wildman–Crippen MR) is 61.1 cm³/mol. The Hall–Kier alpha value is -1.31. The molecule has 16 heavy (non-hydrogen) atoms. The van der Waals surface area contributed by atoms with E-state index in [0.29, 0.717) is 18.4 Å². The third-order valence-corrected chi connectivity index (χ3v) is 4.29. The molecule has 0 heterocycles. The van der Waals surface area contributed by atoms with Crippen LogP contribution in [0.3, 0.4) is 0 Å². The molecule has 3 rings (SSSR count). The van der Waals surface area contributed by atoms with Crippen molar-refractivity contribution in [3.05, 3.63) is 35.4 Å². The van der Waals surface area contributed by atoms with Gasteiger partial charge in [-0.05, 0) is 30.4 Å². The molecule has 0 spiro atoms. The number of hydrogen-bond acceptors (Lipinski definition) is 2. The number of rotatable bonds is 2. The van der Waals surface area contributed by atoms with Gasteiger partial charge in [0.15, 0.2) is 0 Å².